The van der Waals surface area contributed by atoms with Crippen LogP contribution in [-0.2, 0) is 22.7 Å². The molecule has 0 aliphatic carbocycles. The third-order valence-corrected chi connectivity index (χ3v) is 6.40. The number of amides is 2. The van der Waals surface area contributed by atoms with Crippen LogP contribution in [0.2, 0.25) is 0 Å². The summed E-state index contributed by atoms with van der Waals surface area (Å²) in [5.74, 6) is 0.224. The van der Waals surface area contributed by atoms with Gasteiger partial charge in [0.15, 0.2) is 0 Å². The standard InChI is InChI=1S/C20H27N7O2/c1-16-20(8-4-11-25(19(20)29)14-17-6-2-3-10-21-17)9-5-12-27(16)18(28)7-13-26-15-22-23-24-26/h2-3,6,10,15-16H,4-5,7-9,11-14H2,1H3/t16-,20+/m1/s1. The second-order valence-electron chi connectivity index (χ2n) is 8.00. The zero-order chi connectivity index (χ0) is 20.3. The van der Waals surface area contributed by atoms with Crippen LogP contribution >= 0.6 is 0 Å². The first kappa shape index (κ1) is 19.5. The molecule has 29 heavy (non-hydrogen) atoms. The van der Waals surface area contributed by atoms with Gasteiger partial charge in [0.1, 0.15) is 6.33 Å². The lowest BCUT2D eigenvalue weighted by atomic mass is 9.67. The monoisotopic (exact) mass is 397 g/mol. The largest absolute Gasteiger partial charge is 0.339 e. The van der Waals surface area contributed by atoms with Crippen LogP contribution in [0.1, 0.15) is 44.7 Å². The fraction of sp³-hybridized carbons (Fsp3) is 0.600. The van der Waals surface area contributed by atoms with Crippen molar-refractivity contribution >= 4 is 11.8 Å². The van der Waals surface area contributed by atoms with Gasteiger partial charge in [-0.2, -0.15) is 0 Å². The number of pyridine rings is 1. The average molecular weight is 397 g/mol. The lowest BCUT2D eigenvalue weighted by molar-refractivity contribution is -0.160. The fourth-order valence-electron chi connectivity index (χ4n) is 4.81. The first-order valence-electron chi connectivity index (χ1n) is 10.3. The Morgan fingerprint density at radius 3 is 2.79 bits per heavy atom. The van der Waals surface area contributed by atoms with Crippen molar-refractivity contribution in [1.29, 1.82) is 0 Å². The van der Waals surface area contributed by atoms with Gasteiger partial charge >= 0.3 is 0 Å². The second kappa shape index (κ2) is 8.26. The molecule has 2 saturated heterocycles. The Bertz CT molecular complexity index is 838. The Morgan fingerprint density at radius 2 is 2.07 bits per heavy atom. The number of nitrogens with zero attached hydrogens (tertiary/aromatic N) is 7. The van der Waals surface area contributed by atoms with Gasteiger partial charge in [-0.05, 0) is 55.2 Å². The van der Waals surface area contributed by atoms with Crippen molar-refractivity contribution in [2.45, 2.75) is 58.2 Å². The Balaban J connectivity index is 1.46. The van der Waals surface area contributed by atoms with E-state index in [9.17, 15) is 9.59 Å². The minimum absolute atomic E-state index is 0.0572. The number of hydrogen-bond donors (Lipinski definition) is 0. The Kier molecular flexibility index (Phi) is 5.55. The highest BCUT2D eigenvalue weighted by molar-refractivity contribution is 5.86. The van der Waals surface area contributed by atoms with E-state index in [1.54, 1.807) is 10.9 Å². The van der Waals surface area contributed by atoms with E-state index >= 15 is 0 Å². The summed E-state index contributed by atoms with van der Waals surface area (Å²) in [6.07, 6.45) is 7.07. The second-order valence-corrected chi connectivity index (χ2v) is 8.00. The molecule has 2 amide bonds. The SMILES string of the molecule is C[C@H]1N(C(=O)CCn2cnnn2)CCC[C@@]12CCCN(Cc1ccccn1)C2=O. The van der Waals surface area contributed by atoms with Crippen LogP contribution < -0.4 is 0 Å². The van der Waals surface area contributed by atoms with Crippen molar-refractivity contribution in [3.05, 3.63) is 36.4 Å². The molecule has 2 atom stereocenters. The van der Waals surface area contributed by atoms with Crippen LogP contribution in [0.5, 0.6) is 0 Å². The van der Waals surface area contributed by atoms with E-state index in [1.807, 2.05) is 34.9 Å². The number of carbonyl (C=O) groups excluding carboxylic acids is 2. The molecule has 0 saturated carbocycles. The summed E-state index contributed by atoms with van der Waals surface area (Å²) in [5, 5.41) is 11.0. The quantitative estimate of drug-likeness (QED) is 0.754. The number of tetrazole rings is 1. The number of piperidine rings is 2. The predicted molar refractivity (Wildman–Crippen MR) is 104 cm³/mol. The number of aromatic nitrogens is 5. The summed E-state index contributed by atoms with van der Waals surface area (Å²) >= 11 is 0. The number of likely N-dealkylation sites (tertiary alicyclic amines) is 2. The Morgan fingerprint density at radius 1 is 1.24 bits per heavy atom. The zero-order valence-corrected chi connectivity index (χ0v) is 16.8. The lowest BCUT2D eigenvalue weighted by Gasteiger charge is -2.51. The Labute approximate surface area is 170 Å². The van der Waals surface area contributed by atoms with Crippen molar-refractivity contribution < 1.29 is 9.59 Å². The van der Waals surface area contributed by atoms with Gasteiger partial charge < -0.3 is 9.80 Å². The van der Waals surface area contributed by atoms with Crippen LogP contribution in [0, 0.1) is 5.41 Å². The third kappa shape index (κ3) is 3.86. The molecule has 2 aromatic heterocycles. The first-order valence-corrected chi connectivity index (χ1v) is 10.3. The average Bonchev–Trinajstić information content (AvgIpc) is 3.26. The van der Waals surface area contributed by atoms with E-state index in [2.05, 4.69) is 20.5 Å². The van der Waals surface area contributed by atoms with Crippen LogP contribution in [0.4, 0.5) is 0 Å². The molecule has 0 aromatic carbocycles. The van der Waals surface area contributed by atoms with Gasteiger partial charge in [0.25, 0.3) is 0 Å². The molecule has 0 N–H and O–H groups in total. The van der Waals surface area contributed by atoms with Gasteiger partial charge in [-0.1, -0.05) is 6.07 Å². The molecule has 4 rings (SSSR count). The summed E-state index contributed by atoms with van der Waals surface area (Å²) in [7, 11) is 0. The molecule has 154 valence electrons. The zero-order valence-electron chi connectivity index (χ0n) is 16.8. The number of hydrogen-bond acceptors (Lipinski definition) is 6. The van der Waals surface area contributed by atoms with E-state index in [4.69, 9.17) is 0 Å². The molecule has 0 unspecified atom stereocenters. The number of carbonyl (C=O) groups is 2. The van der Waals surface area contributed by atoms with E-state index < -0.39 is 5.41 Å². The molecular formula is C20H27N7O2. The maximum absolute atomic E-state index is 13.6. The summed E-state index contributed by atoms with van der Waals surface area (Å²) in [6, 6.07) is 5.66. The predicted octanol–water partition coefficient (Wildman–Crippen LogP) is 1.28. The van der Waals surface area contributed by atoms with Gasteiger partial charge in [-0.25, -0.2) is 4.68 Å². The molecular weight excluding hydrogens is 370 g/mol. The van der Waals surface area contributed by atoms with Crippen LogP contribution in [0.15, 0.2) is 30.7 Å². The molecule has 2 aromatic rings. The number of aryl methyl sites for hydroxylation is 1. The normalized spacial score (nSPS) is 24.9. The Hall–Kier alpha value is -2.84. The van der Waals surface area contributed by atoms with Crippen LogP contribution in [0.3, 0.4) is 0 Å². The molecule has 9 nitrogen and oxygen atoms in total. The van der Waals surface area contributed by atoms with Gasteiger partial charge in [-0.15, -0.1) is 5.10 Å². The van der Waals surface area contributed by atoms with Gasteiger partial charge in [0, 0.05) is 31.7 Å². The molecule has 2 aliphatic heterocycles. The molecule has 9 heteroatoms. The van der Waals surface area contributed by atoms with Crippen molar-refractivity contribution in [3.63, 3.8) is 0 Å². The van der Waals surface area contributed by atoms with E-state index in [0.717, 1.165) is 37.9 Å². The minimum Gasteiger partial charge on any atom is -0.339 e. The molecule has 2 aliphatic rings. The topological polar surface area (TPSA) is 97.1 Å². The van der Waals surface area contributed by atoms with Crippen molar-refractivity contribution in [1.82, 2.24) is 35.0 Å². The number of rotatable bonds is 5. The summed E-state index contributed by atoms with van der Waals surface area (Å²) in [6.45, 7) is 4.46. The summed E-state index contributed by atoms with van der Waals surface area (Å²) < 4.78 is 1.56. The van der Waals surface area contributed by atoms with Crippen molar-refractivity contribution in [2.24, 2.45) is 5.41 Å². The van der Waals surface area contributed by atoms with Gasteiger partial charge in [0.2, 0.25) is 11.8 Å². The highest BCUT2D eigenvalue weighted by atomic mass is 16.2. The van der Waals surface area contributed by atoms with Crippen molar-refractivity contribution in [3.8, 4) is 0 Å². The lowest BCUT2D eigenvalue weighted by Crippen LogP contribution is -2.61. The molecule has 1 spiro atoms. The van der Waals surface area contributed by atoms with Crippen LogP contribution in [0.25, 0.3) is 0 Å². The maximum atomic E-state index is 13.6. The highest BCUT2D eigenvalue weighted by Crippen LogP contribution is 2.44. The smallest absolute Gasteiger partial charge is 0.231 e. The van der Waals surface area contributed by atoms with E-state index in [0.29, 0.717) is 26.1 Å². The third-order valence-electron chi connectivity index (χ3n) is 6.40. The van der Waals surface area contributed by atoms with E-state index in [-0.39, 0.29) is 17.9 Å². The fourth-order valence-corrected chi connectivity index (χ4v) is 4.81. The summed E-state index contributed by atoms with van der Waals surface area (Å²) in [5.41, 5.74) is 0.409. The van der Waals surface area contributed by atoms with Gasteiger partial charge in [-0.3, -0.25) is 14.6 Å². The van der Waals surface area contributed by atoms with Gasteiger partial charge in [0.05, 0.1) is 24.2 Å². The maximum Gasteiger partial charge on any atom is 0.231 e. The highest BCUT2D eigenvalue weighted by Gasteiger charge is 2.52. The molecule has 0 radical (unpaired) electrons. The minimum atomic E-state index is -0.490. The summed E-state index contributed by atoms with van der Waals surface area (Å²) in [4.78, 5) is 34.7. The first-order chi connectivity index (χ1) is 14.1. The van der Waals surface area contributed by atoms with E-state index in [1.165, 1.54) is 6.33 Å². The molecule has 2 fully saturated rings. The molecule has 0 bridgehead atoms. The van der Waals surface area contributed by atoms with Crippen LogP contribution in [-0.4, -0.2) is 65.9 Å². The molecule has 4 heterocycles. The van der Waals surface area contributed by atoms with Crippen molar-refractivity contribution in [2.75, 3.05) is 13.1 Å².